The molecule has 1 saturated heterocycles. The number of carbonyl (C=O) groups is 2. The number of rotatable bonds is 5. The van der Waals surface area contributed by atoms with Crippen LogP contribution in [0.25, 0.3) is 0 Å². The first kappa shape index (κ1) is 14.0. The first-order valence-corrected chi connectivity index (χ1v) is 7.21. The molecule has 1 saturated carbocycles. The van der Waals surface area contributed by atoms with Crippen LogP contribution in [0.15, 0.2) is 43.0 Å². The molecule has 2 fully saturated rings. The molecule has 0 bridgehead atoms. The Balaban J connectivity index is 1.76. The van der Waals surface area contributed by atoms with Crippen molar-refractivity contribution in [2.75, 3.05) is 6.61 Å². The van der Waals surface area contributed by atoms with Gasteiger partial charge in [-0.2, -0.15) is 0 Å². The summed E-state index contributed by atoms with van der Waals surface area (Å²) < 4.78 is 10.5. The fourth-order valence-corrected chi connectivity index (χ4v) is 3.07. The summed E-state index contributed by atoms with van der Waals surface area (Å²) in [5, 5.41) is 0. The van der Waals surface area contributed by atoms with E-state index in [-0.39, 0.29) is 24.4 Å². The maximum Gasteiger partial charge on any atom is 0.317 e. The lowest BCUT2D eigenvalue weighted by molar-refractivity contribution is -0.154. The summed E-state index contributed by atoms with van der Waals surface area (Å²) in [5.41, 5.74) is 1.12. The second-order valence-corrected chi connectivity index (χ2v) is 5.58. The standard InChI is InChI=1S/C17H18O4/c1-2-8-20-17(19)14-12(9-11-6-4-3-5-7-11)10-13-16(21-13)15(14)18/h2-7,12-14,16H,1,8-10H2/t12-,13-,14?,16-/m1/s1. The minimum absolute atomic E-state index is 0.00494. The number of ketones is 1. The molecule has 1 heterocycles. The van der Waals surface area contributed by atoms with E-state index >= 15 is 0 Å². The highest BCUT2D eigenvalue weighted by atomic mass is 16.6. The summed E-state index contributed by atoms with van der Waals surface area (Å²) in [6.45, 7) is 3.65. The summed E-state index contributed by atoms with van der Waals surface area (Å²) >= 11 is 0. The van der Waals surface area contributed by atoms with Gasteiger partial charge in [0.1, 0.15) is 18.6 Å². The van der Waals surface area contributed by atoms with Crippen molar-refractivity contribution >= 4 is 11.8 Å². The Morgan fingerprint density at radius 2 is 2.14 bits per heavy atom. The first-order chi connectivity index (χ1) is 10.2. The fourth-order valence-electron chi connectivity index (χ4n) is 3.07. The van der Waals surface area contributed by atoms with Gasteiger partial charge in [0.15, 0.2) is 5.78 Å². The Morgan fingerprint density at radius 3 is 2.86 bits per heavy atom. The molecule has 21 heavy (non-hydrogen) atoms. The highest BCUT2D eigenvalue weighted by molar-refractivity contribution is 6.03. The Labute approximate surface area is 123 Å². The lowest BCUT2D eigenvalue weighted by atomic mass is 9.75. The van der Waals surface area contributed by atoms with Gasteiger partial charge in [0, 0.05) is 0 Å². The molecule has 0 amide bonds. The number of Topliss-reactive ketones (excluding diaryl/α,β-unsaturated/α-hetero) is 1. The third kappa shape index (κ3) is 2.90. The molecule has 3 rings (SSSR count). The van der Waals surface area contributed by atoms with E-state index in [1.54, 1.807) is 0 Å². The molecule has 0 radical (unpaired) electrons. The van der Waals surface area contributed by atoms with Gasteiger partial charge in [-0.1, -0.05) is 43.0 Å². The number of fused-ring (bicyclic) bond motifs is 1. The monoisotopic (exact) mass is 286 g/mol. The van der Waals surface area contributed by atoms with Crippen LogP contribution in [0.4, 0.5) is 0 Å². The summed E-state index contributed by atoms with van der Waals surface area (Å²) in [6.07, 6.45) is 2.54. The molecule has 110 valence electrons. The van der Waals surface area contributed by atoms with Crippen molar-refractivity contribution in [3.63, 3.8) is 0 Å². The zero-order chi connectivity index (χ0) is 14.8. The first-order valence-electron chi connectivity index (χ1n) is 7.21. The maximum absolute atomic E-state index is 12.3. The van der Waals surface area contributed by atoms with Crippen LogP contribution in [0.2, 0.25) is 0 Å². The number of hydrogen-bond acceptors (Lipinski definition) is 4. The van der Waals surface area contributed by atoms with E-state index < -0.39 is 18.0 Å². The lowest BCUT2D eigenvalue weighted by Crippen LogP contribution is -2.41. The Morgan fingerprint density at radius 1 is 1.38 bits per heavy atom. The van der Waals surface area contributed by atoms with Crippen molar-refractivity contribution in [1.82, 2.24) is 0 Å². The fraction of sp³-hybridized carbons (Fsp3) is 0.412. The number of epoxide rings is 1. The minimum atomic E-state index is -0.714. The van der Waals surface area contributed by atoms with Crippen molar-refractivity contribution in [2.45, 2.75) is 25.0 Å². The van der Waals surface area contributed by atoms with E-state index in [1.165, 1.54) is 6.08 Å². The van der Waals surface area contributed by atoms with Crippen LogP contribution in [-0.2, 0) is 25.5 Å². The number of esters is 1. The van der Waals surface area contributed by atoms with E-state index in [9.17, 15) is 9.59 Å². The van der Waals surface area contributed by atoms with Crippen molar-refractivity contribution < 1.29 is 19.1 Å². The van der Waals surface area contributed by atoms with Crippen LogP contribution in [-0.4, -0.2) is 30.6 Å². The molecule has 1 aliphatic carbocycles. The van der Waals surface area contributed by atoms with Crippen LogP contribution in [0.3, 0.4) is 0 Å². The molecule has 1 unspecified atom stereocenters. The van der Waals surface area contributed by atoms with Gasteiger partial charge in [0.2, 0.25) is 0 Å². The van der Waals surface area contributed by atoms with Crippen molar-refractivity contribution in [3.8, 4) is 0 Å². The van der Waals surface area contributed by atoms with Crippen molar-refractivity contribution in [2.24, 2.45) is 11.8 Å². The molecule has 0 aromatic heterocycles. The summed E-state index contributed by atoms with van der Waals surface area (Å²) in [5.74, 6) is -1.34. The molecule has 4 heteroatoms. The normalized spacial score (nSPS) is 30.4. The second kappa shape index (κ2) is 5.82. The van der Waals surface area contributed by atoms with Gasteiger partial charge in [-0.3, -0.25) is 9.59 Å². The predicted octanol–water partition coefficient (Wildman–Crippen LogP) is 1.93. The third-order valence-corrected chi connectivity index (χ3v) is 4.11. The zero-order valence-electron chi connectivity index (χ0n) is 11.7. The van der Waals surface area contributed by atoms with Gasteiger partial charge < -0.3 is 9.47 Å². The van der Waals surface area contributed by atoms with Crippen LogP contribution in [0.1, 0.15) is 12.0 Å². The predicted molar refractivity (Wildman–Crippen MR) is 76.6 cm³/mol. The number of carbonyl (C=O) groups excluding carboxylic acids is 2. The van der Waals surface area contributed by atoms with Crippen LogP contribution in [0.5, 0.6) is 0 Å². The molecular weight excluding hydrogens is 268 g/mol. The van der Waals surface area contributed by atoms with Crippen LogP contribution >= 0.6 is 0 Å². The quantitative estimate of drug-likeness (QED) is 0.359. The van der Waals surface area contributed by atoms with E-state index in [1.807, 2.05) is 30.3 Å². The van der Waals surface area contributed by atoms with Gasteiger partial charge >= 0.3 is 5.97 Å². The van der Waals surface area contributed by atoms with E-state index in [0.29, 0.717) is 6.42 Å². The molecular formula is C17H18O4. The Bertz CT molecular complexity index is 551. The molecule has 4 atom stereocenters. The van der Waals surface area contributed by atoms with Gasteiger partial charge in [0.25, 0.3) is 0 Å². The largest absolute Gasteiger partial charge is 0.461 e. The average Bonchev–Trinajstić information content (AvgIpc) is 3.26. The van der Waals surface area contributed by atoms with Gasteiger partial charge in [0.05, 0.1) is 6.10 Å². The van der Waals surface area contributed by atoms with Gasteiger partial charge in [-0.15, -0.1) is 0 Å². The average molecular weight is 286 g/mol. The second-order valence-electron chi connectivity index (χ2n) is 5.58. The molecule has 4 nitrogen and oxygen atoms in total. The molecule has 0 spiro atoms. The minimum Gasteiger partial charge on any atom is -0.461 e. The smallest absolute Gasteiger partial charge is 0.317 e. The van der Waals surface area contributed by atoms with Crippen molar-refractivity contribution in [3.05, 3.63) is 48.6 Å². The Kier molecular flexibility index (Phi) is 3.88. The number of hydrogen-bond donors (Lipinski definition) is 0. The third-order valence-electron chi connectivity index (χ3n) is 4.11. The van der Waals surface area contributed by atoms with Crippen LogP contribution in [0, 0.1) is 11.8 Å². The lowest BCUT2D eigenvalue weighted by Gasteiger charge is -2.26. The van der Waals surface area contributed by atoms with Gasteiger partial charge in [-0.25, -0.2) is 0 Å². The number of ether oxygens (including phenoxy) is 2. The topological polar surface area (TPSA) is 55.9 Å². The SMILES string of the molecule is C=CCOC(=O)C1C(=O)[C@@H]2O[C@@H]2C[C@H]1Cc1ccccc1. The molecule has 0 N–H and O–H groups in total. The van der Waals surface area contributed by atoms with E-state index in [0.717, 1.165) is 12.0 Å². The maximum atomic E-state index is 12.3. The highest BCUT2D eigenvalue weighted by Crippen LogP contribution is 2.42. The summed E-state index contributed by atoms with van der Waals surface area (Å²) in [7, 11) is 0. The van der Waals surface area contributed by atoms with E-state index in [2.05, 4.69) is 6.58 Å². The van der Waals surface area contributed by atoms with Gasteiger partial charge in [-0.05, 0) is 24.3 Å². The molecule has 1 aliphatic heterocycles. The molecule has 2 aliphatic rings. The van der Waals surface area contributed by atoms with Crippen LogP contribution < -0.4 is 0 Å². The Hall–Kier alpha value is -1.94. The highest BCUT2D eigenvalue weighted by Gasteiger charge is 2.57. The summed E-state index contributed by atoms with van der Waals surface area (Å²) in [4.78, 5) is 24.5. The van der Waals surface area contributed by atoms with Crippen molar-refractivity contribution in [1.29, 1.82) is 0 Å². The molecule has 1 aromatic rings. The summed E-state index contributed by atoms with van der Waals surface area (Å²) in [6, 6.07) is 9.89. The molecule has 1 aromatic carbocycles. The number of benzene rings is 1. The zero-order valence-corrected chi connectivity index (χ0v) is 11.7. The van der Waals surface area contributed by atoms with E-state index in [4.69, 9.17) is 9.47 Å².